The van der Waals surface area contributed by atoms with Gasteiger partial charge in [-0.25, -0.2) is 0 Å². The summed E-state index contributed by atoms with van der Waals surface area (Å²) in [6.07, 6.45) is -0.267. The van der Waals surface area contributed by atoms with Crippen LogP contribution in [0.5, 0.6) is 5.75 Å². The van der Waals surface area contributed by atoms with E-state index >= 15 is 0 Å². The molecule has 0 aliphatic rings. The fraction of sp³-hybridized carbons (Fsp3) is 0.143. The Hall–Kier alpha value is -0.340. The smallest absolute Gasteiger partial charge is 0.445 e. The zero-order valence-electron chi connectivity index (χ0n) is 6.41. The molecule has 0 saturated carbocycles. The molecule has 1 unspecified atom stereocenters. The van der Waals surface area contributed by atoms with E-state index < -0.39 is 8.03 Å². The largest absolute Gasteiger partial charge is 0.547 e. The predicted molar refractivity (Wildman–Crippen MR) is 51.8 cm³/mol. The average molecular weight is 240 g/mol. The maximum Gasteiger partial charge on any atom is 0.547 e. The van der Waals surface area contributed by atoms with Crippen molar-refractivity contribution in [2.24, 2.45) is 0 Å². The van der Waals surface area contributed by atoms with E-state index in [1.54, 1.807) is 12.1 Å². The normalized spacial score (nSPS) is 11.2. The first-order valence-electron chi connectivity index (χ1n) is 3.31. The SMILES string of the molecule is O=[P+](O)COc1ccc(Cl)cc1Cl. The van der Waals surface area contributed by atoms with Crippen LogP contribution >= 0.6 is 31.2 Å². The Labute approximate surface area is 86.1 Å². The molecule has 6 heteroatoms. The van der Waals surface area contributed by atoms with Crippen molar-refractivity contribution in [3.8, 4) is 5.75 Å². The molecule has 0 aliphatic carbocycles. The lowest BCUT2D eigenvalue weighted by atomic mass is 10.3. The Kier molecular flexibility index (Phi) is 3.94. The maximum absolute atomic E-state index is 10.3. The zero-order chi connectivity index (χ0) is 9.84. The van der Waals surface area contributed by atoms with E-state index in [9.17, 15) is 4.57 Å². The van der Waals surface area contributed by atoms with E-state index in [1.807, 2.05) is 0 Å². The lowest BCUT2D eigenvalue weighted by Crippen LogP contribution is -1.92. The van der Waals surface area contributed by atoms with E-state index in [2.05, 4.69) is 0 Å². The number of hydrogen-bond acceptors (Lipinski definition) is 2. The summed E-state index contributed by atoms with van der Waals surface area (Å²) in [6.45, 7) is 0. The summed E-state index contributed by atoms with van der Waals surface area (Å²) < 4.78 is 15.2. The second-order valence-corrected chi connectivity index (χ2v) is 4.01. The molecule has 0 aliphatic heterocycles. The van der Waals surface area contributed by atoms with Gasteiger partial charge < -0.3 is 4.74 Å². The molecule has 1 aromatic rings. The molecule has 1 aromatic carbocycles. The average Bonchev–Trinajstić information content (AvgIpc) is 2.02. The molecule has 0 heterocycles. The van der Waals surface area contributed by atoms with Gasteiger partial charge in [-0.1, -0.05) is 23.2 Å². The molecule has 70 valence electrons. The van der Waals surface area contributed by atoms with Crippen LogP contribution in [0.15, 0.2) is 18.2 Å². The minimum absolute atomic E-state index is 0.267. The molecule has 0 saturated heterocycles. The first-order chi connectivity index (χ1) is 6.09. The molecule has 0 radical (unpaired) electrons. The first kappa shape index (κ1) is 10.7. The van der Waals surface area contributed by atoms with Gasteiger partial charge in [0.1, 0.15) is 5.75 Å². The van der Waals surface area contributed by atoms with Crippen LogP contribution in [-0.4, -0.2) is 11.2 Å². The van der Waals surface area contributed by atoms with Gasteiger partial charge in [0, 0.05) is 5.02 Å². The third-order valence-electron chi connectivity index (χ3n) is 1.22. The molecule has 1 rings (SSSR count). The Morgan fingerprint density at radius 2 is 2.15 bits per heavy atom. The van der Waals surface area contributed by atoms with Crippen molar-refractivity contribution in [3.63, 3.8) is 0 Å². The van der Waals surface area contributed by atoms with Crippen LogP contribution in [0.2, 0.25) is 10.0 Å². The van der Waals surface area contributed by atoms with Crippen LogP contribution in [0.3, 0.4) is 0 Å². The number of benzene rings is 1. The highest BCUT2D eigenvalue weighted by molar-refractivity contribution is 7.37. The van der Waals surface area contributed by atoms with Crippen molar-refractivity contribution >= 4 is 31.2 Å². The monoisotopic (exact) mass is 239 g/mol. The summed E-state index contributed by atoms with van der Waals surface area (Å²) in [4.78, 5) is 8.47. The molecule has 0 amide bonds. The third-order valence-corrected chi connectivity index (χ3v) is 2.10. The Morgan fingerprint density at radius 1 is 1.46 bits per heavy atom. The fourth-order valence-electron chi connectivity index (χ4n) is 0.717. The molecule has 0 fully saturated rings. The summed E-state index contributed by atoms with van der Waals surface area (Å²) in [5.41, 5.74) is 0. The van der Waals surface area contributed by atoms with Crippen LogP contribution in [0, 0.1) is 0 Å². The maximum atomic E-state index is 10.3. The van der Waals surface area contributed by atoms with Gasteiger partial charge in [0.25, 0.3) is 0 Å². The van der Waals surface area contributed by atoms with E-state index in [-0.39, 0.29) is 6.35 Å². The lowest BCUT2D eigenvalue weighted by Gasteiger charge is -2.01. The number of hydrogen-bond donors (Lipinski definition) is 1. The van der Waals surface area contributed by atoms with Crippen molar-refractivity contribution in [3.05, 3.63) is 28.2 Å². The van der Waals surface area contributed by atoms with Crippen molar-refractivity contribution in [1.82, 2.24) is 0 Å². The quantitative estimate of drug-likeness (QED) is 0.825. The summed E-state index contributed by atoms with van der Waals surface area (Å²) >= 11 is 11.4. The first-order valence-corrected chi connectivity index (χ1v) is 5.46. The molecule has 1 N–H and O–H groups in total. The van der Waals surface area contributed by atoms with Gasteiger partial charge in [-0.2, -0.15) is 4.89 Å². The summed E-state index contributed by atoms with van der Waals surface area (Å²) in [6, 6.07) is 4.64. The molecule has 0 spiro atoms. The minimum Gasteiger partial charge on any atom is -0.445 e. The van der Waals surface area contributed by atoms with Crippen LogP contribution < -0.4 is 4.74 Å². The number of ether oxygens (including phenoxy) is 1. The number of halogens is 2. The second-order valence-electron chi connectivity index (χ2n) is 2.20. The van der Waals surface area contributed by atoms with Crippen molar-refractivity contribution in [2.75, 3.05) is 6.35 Å². The minimum atomic E-state index is -2.31. The summed E-state index contributed by atoms with van der Waals surface area (Å²) in [5.74, 6) is 0.350. The fourth-order valence-corrected chi connectivity index (χ4v) is 1.43. The van der Waals surface area contributed by atoms with E-state index in [4.69, 9.17) is 32.8 Å². The van der Waals surface area contributed by atoms with Gasteiger partial charge in [0.15, 0.2) is 0 Å². The molecule has 0 aromatic heterocycles. The molecular weight excluding hydrogens is 234 g/mol. The third kappa shape index (κ3) is 3.49. The highest BCUT2D eigenvalue weighted by atomic mass is 35.5. The Bertz CT molecular complexity index is 330. The van der Waals surface area contributed by atoms with Crippen molar-refractivity contribution in [1.29, 1.82) is 0 Å². The highest BCUT2D eigenvalue weighted by Gasteiger charge is 2.12. The predicted octanol–water partition coefficient (Wildman–Crippen LogP) is 3.06. The molecule has 1 atom stereocenters. The summed E-state index contributed by atoms with van der Waals surface area (Å²) in [5, 5.41) is 0.815. The summed E-state index contributed by atoms with van der Waals surface area (Å²) in [7, 11) is -2.31. The zero-order valence-corrected chi connectivity index (χ0v) is 8.81. The molecular formula is C7H6Cl2O3P+. The van der Waals surface area contributed by atoms with Gasteiger partial charge in [-0.15, -0.1) is 0 Å². The lowest BCUT2D eigenvalue weighted by molar-refractivity contribution is 0.361. The van der Waals surface area contributed by atoms with Crippen LogP contribution in [0.25, 0.3) is 0 Å². The van der Waals surface area contributed by atoms with Gasteiger partial charge in [-0.3, -0.25) is 0 Å². The second kappa shape index (κ2) is 4.77. The van der Waals surface area contributed by atoms with Crippen LogP contribution in [-0.2, 0) is 4.57 Å². The number of rotatable bonds is 3. The van der Waals surface area contributed by atoms with E-state index in [0.717, 1.165) is 0 Å². The van der Waals surface area contributed by atoms with E-state index in [0.29, 0.717) is 15.8 Å². The molecule has 3 nitrogen and oxygen atoms in total. The van der Waals surface area contributed by atoms with Crippen LogP contribution in [0.4, 0.5) is 0 Å². The van der Waals surface area contributed by atoms with Gasteiger partial charge in [0.05, 0.1) is 5.02 Å². The van der Waals surface area contributed by atoms with Gasteiger partial charge in [-0.05, 0) is 22.8 Å². The standard InChI is InChI=1S/C7H5Cl2O3P/c8-5-1-2-7(6(9)3-5)12-4-13(10)11/h1-3H,4H2/p+1. The van der Waals surface area contributed by atoms with E-state index in [1.165, 1.54) is 6.07 Å². The van der Waals surface area contributed by atoms with Crippen molar-refractivity contribution in [2.45, 2.75) is 0 Å². The van der Waals surface area contributed by atoms with Gasteiger partial charge in [0.2, 0.25) is 0 Å². The molecule has 0 bridgehead atoms. The highest BCUT2D eigenvalue weighted by Crippen LogP contribution is 2.29. The topological polar surface area (TPSA) is 46.5 Å². The Morgan fingerprint density at radius 3 is 2.69 bits per heavy atom. The van der Waals surface area contributed by atoms with Crippen molar-refractivity contribution < 1.29 is 14.2 Å². The van der Waals surface area contributed by atoms with Crippen LogP contribution in [0.1, 0.15) is 0 Å². The molecule has 13 heavy (non-hydrogen) atoms. The Balaban J connectivity index is 2.72. The van der Waals surface area contributed by atoms with Gasteiger partial charge >= 0.3 is 14.4 Å².